The number of para-hydroxylation sites is 2. The Kier molecular flexibility index (Phi) is 3.92. The van der Waals surface area contributed by atoms with E-state index in [2.05, 4.69) is 12.2 Å². The highest BCUT2D eigenvalue weighted by Crippen LogP contribution is 2.28. The third-order valence-electron chi connectivity index (χ3n) is 2.59. The minimum atomic E-state index is 0.108. The molecule has 3 heteroatoms. The second kappa shape index (κ2) is 5.63. The number of nitrogens with one attached hydrogen (secondary N) is 1. The van der Waals surface area contributed by atoms with Gasteiger partial charge in [-0.15, -0.1) is 0 Å². The molecule has 0 aliphatic carbocycles. The fourth-order valence-electron chi connectivity index (χ4n) is 1.78. The summed E-state index contributed by atoms with van der Waals surface area (Å²) < 4.78 is 11.2. The molecule has 0 saturated carbocycles. The molecule has 0 spiro atoms. The molecule has 1 aromatic heterocycles. The Hall–Kier alpha value is -1.90. The first-order chi connectivity index (χ1) is 8.66. The first-order valence-electron chi connectivity index (χ1n) is 6.22. The maximum absolute atomic E-state index is 5.77. The molecule has 1 atom stereocenters. The van der Waals surface area contributed by atoms with Gasteiger partial charge in [-0.05, 0) is 45.0 Å². The van der Waals surface area contributed by atoms with Crippen LogP contribution in [0.25, 0.3) is 0 Å². The van der Waals surface area contributed by atoms with Crippen LogP contribution in [-0.4, -0.2) is 6.10 Å². The van der Waals surface area contributed by atoms with Crippen LogP contribution in [0, 0.1) is 0 Å². The van der Waals surface area contributed by atoms with Crippen LogP contribution in [0.15, 0.2) is 47.1 Å². The number of rotatable bonds is 5. The Balaban J connectivity index is 2.13. The van der Waals surface area contributed by atoms with Crippen LogP contribution >= 0.6 is 0 Å². The predicted molar refractivity (Wildman–Crippen MR) is 73.0 cm³/mol. The number of ether oxygens (including phenoxy) is 1. The average molecular weight is 245 g/mol. The van der Waals surface area contributed by atoms with Crippen LogP contribution in [-0.2, 0) is 0 Å². The molecule has 1 aromatic carbocycles. The number of anilines is 1. The Morgan fingerprint density at radius 2 is 1.83 bits per heavy atom. The lowest BCUT2D eigenvalue weighted by atomic mass is 10.2. The molecule has 1 N–H and O–H groups in total. The van der Waals surface area contributed by atoms with E-state index in [4.69, 9.17) is 9.15 Å². The molecule has 18 heavy (non-hydrogen) atoms. The van der Waals surface area contributed by atoms with Crippen LogP contribution in [0.4, 0.5) is 5.69 Å². The molecule has 0 amide bonds. The van der Waals surface area contributed by atoms with Gasteiger partial charge in [-0.2, -0.15) is 0 Å². The van der Waals surface area contributed by atoms with Gasteiger partial charge in [-0.1, -0.05) is 12.1 Å². The third-order valence-corrected chi connectivity index (χ3v) is 2.59. The number of hydrogen-bond acceptors (Lipinski definition) is 3. The van der Waals surface area contributed by atoms with E-state index in [1.807, 2.05) is 50.2 Å². The molecule has 3 nitrogen and oxygen atoms in total. The zero-order valence-electron chi connectivity index (χ0n) is 11.0. The molecule has 0 radical (unpaired) electrons. The van der Waals surface area contributed by atoms with Gasteiger partial charge in [-0.25, -0.2) is 0 Å². The maximum atomic E-state index is 5.77. The Bertz CT molecular complexity index is 477. The zero-order chi connectivity index (χ0) is 13.0. The Labute approximate surface area is 108 Å². The molecule has 0 aliphatic rings. The highest BCUT2D eigenvalue weighted by atomic mass is 16.5. The molecule has 0 bridgehead atoms. The summed E-state index contributed by atoms with van der Waals surface area (Å²) in [6, 6.07) is 11.9. The highest BCUT2D eigenvalue weighted by Gasteiger charge is 2.11. The van der Waals surface area contributed by atoms with E-state index in [0.717, 1.165) is 17.2 Å². The van der Waals surface area contributed by atoms with Gasteiger partial charge in [0.05, 0.1) is 24.1 Å². The standard InChI is InChI=1S/C15H19NO2/c1-11(2)18-15-8-5-4-7-13(15)16-12(3)14-9-6-10-17-14/h4-12,16H,1-3H3. The molecule has 2 aromatic rings. The summed E-state index contributed by atoms with van der Waals surface area (Å²) in [6.07, 6.45) is 1.84. The molecule has 1 heterocycles. The van der Waals surface area contributed by atoms with Crippen molar-refractivity contribution in [1.29, 1.82) is 0 Å². The first kappa shape index (κ1) is 12.6. The monoisotopic (exact) mass is 245 g/mol. The van der Waals surface area contributed by atoms with Gasteiger partial charge in [0, 0.05) is 0 Å². The molecule has 0 fully saturated rings. The van der Waals surface area contributed by atoms with E-state index >= 15 is 0 Å². The normalized spacial score (nSPS) is 12.4. The van der Waals surface area contributed by atoms with Crippen LogP contribution in [0.2, 0.25) is 0 Å². The minimum Gasteiger partial charge on any atom is -0.489 e. The van der Waals surface area contributed by atoms with Crippen LogP contribution in [0.1, 0.15) is 32.6 Å². The molecule has 1 unspecified atom stereocenters. The smallest absolute Gasteiger partial charge is 0.142 e. The van der Waals surface area contributed by atoms with Crippen molar-refractivity contribution in [2.75, 3.05) is 5.32 Å². The SMILES string of the molecule is CC(C)Oc1ccccc1NC(C)c1ccco1. The summed E-state index contributed by atoms with van der Waals surface area (Å²) in [6.45, 7) is 6.10. The first-order valence-corrected chi connectivity index (χ1v) is 6.22. The lowest BCUT2D eigenvalue weighted by molar-refractivity contribution is 0.243. The Morgan fingerprint density at radius 1 is 1.06 bits per heavy atom. The van der Waals surface area contributed by atoms with Gasteiger partial charge >= 0.3 is 0 Å². The average Bonchev–Trinajstić information content (AvgIpc) is 2.84. The second-order valence-electron chi connectivity index (χ2n) is 4.54. The summed E-state index contributed by atoms with van der Waals surface area (Å²) in [7, 11) is 0. The maximum Gasteiger partial charge on any atom is 0.142 e. The van der Waals surface area contributed by atoms with Gasteiger partial charge < -0.3 is 14.5 Å². The van der Waals surface area contributed by atoms with E-state index in [1.165, 1.54) is 0 Å². The number of furan rings is 1. The largest absolute Gasteiger partial charge is 0.489 e. The van der Waals surface area contributed by atoms with Gasteiger partial charge in [0.2, 0.25) is 0 Å². The summed E-state index contributed by atoms with van der Waals surface area (Å²) >= 11 is 0. The quantitative estimate of drug-likeness (QED) is 0.855. The molecular weight excluding hydrogens is 226 g/mol. The highest BCUT2D eigenvalue weighted by molar-refractivity contribution is 5.57. The minimum absolute atomic E-state index is 0.108. The summed E-state index contributed by atoms with van der Waals surface area (Å²) in [5, 5.41) is 3.40. The van der Waals surface area contributed by atoms with Crippen molar-refractivity contribution in [1.82, 2.24) is 0 Å². The van der Waals surface area contributed by atoms with Crippen molar-refractivity contribution in [3.05, 3.63) is 48.4 Å². The van der Waals surface area contributed by atoms with Gasteiger partial charge in [0.25, 0.3) is 0 Å². The van der Waals surface area contributed by atoms with Crippen molar-refractivity contribution in [2.24, 2.45) is 0 Å². The number of benzene rings is 1. The third kappa shape index (κ3) is 3.06. The predicted octanol–water partition coefficient (Wildman–Crippen LogP) is 4.24. The van der Waals surface area contributed by atoms with Gasteiger partial charge in [0.15, 0.2) is 0 Å². The molecule has 0 saturated heterocycles. The van der Waals surface area contributed by atoms with Crippen molar-refractivity contribution in [3.8, 4) is 5.75 Å². The lowest BCUT2D eigenvalue weighted by Gasteiger charge is -2.18. The summed E-state index contributed by atoms with van der Waals surface area (Å²) in [5.74, 6) is 1.78. The Morgan fingerprint density at radius 3 is 2.50 bits per heavy atom. The molecule has 96 valence electrons. The van der Waals surface area contributed by atoms with E-state index in [-0.39, 0.29) is 12.1 Å². The fourth-order valence-corrected chi connectivity index (χ4v) is 1.78. The van der Waals surface area contributed by atoms with Crippen molar-refractivity contribution < 1.29 is 9.15 Å². The number of hydrogen-bond donors (Lipinski definition) is 1. The fraction of sp³-hybridized carbons (Fsp3) is 0.333. The van der Waals surface area contributed by atoms with Crippen molar-refractivity contribution in [2.45, 2.75) is 32.9 Å². The lowest BCUT2D eigenvalue weighted by Crippen LogP contribution is -2.10. The summed E-state index contributed by atoms with van der Waals surface area (Å²) in [4.78, 5) is 0. The van der Waals surface area contributed by atoms with Crippen molar-refractivity contribution in [3.63, 3.8) is 0 Å². The van der Waals surface area contributed by atoms with Crippen LogP contribution in [0.5, 0.6) is 5.75 Å². The zero-order valence-corrected chi connectivity index (χ0v) is 11.0. The topological polar surface area (TPSA) is 34.4 Å². The van der Waals surface area contributed by atoms with Crippen LogP contribution in [0.3, 0.4) is 0 Å². The second-order valence-corrected chi connectivity index (χ2v) is 4.54. The van der Waals surface area contributed by atoms with Gasteiger partial charge in [-0.3, -0.25) is 0 Å². The van der Waals surface area contributed by atoms with E-state index < -0.39 is 0 Å². The molecular formula is C15H19NO2. The van der Waals surface area contributed by atoms with Gasteiger partial charge in [0.1, 0.15) is 11.5 Å². The van der Waals surface area contributed by atoms with E-state index in [0.29, 0.717) is 0 Å². The van der Waals surface area contributed by atoms with Crippen molar-refractivity contribution >= 4 is 5.69 Å². The van der Waals surface area contributed by atoms with Crippen LogP contribution < -0.4 is 10.1 Å². The molecule has 0 aliphatic heterocycles. The van der Waals surface area contributed by atoms with E-state index in [1.54, 1.807) is 6.26 Å². The van der Waals surface area contributed by atoms with E-state index in [9.17, 15) is 0 Å². The summed E-state index contributed by atoms with van der Waals surface area (Å²) in [5.41, 5.74) is 0.982. The molecule has 2 rings (SSSR count).